The fourth-order valence-electron chi connectivity index (χ4n) is 4.92. The topological polar surface area (TPSA) is 53.0 Å². The van der Waals surface area contributed by atoms with E-state index in [9.17, 15) is 9.90 Å². The molecule has 1 amide bonds. The molecule has 5 nitrogen and oxygen atoms in total. The van der Waals surface area contributed by atoms with Gasteiger partial charge in [0.2, 0.25) is 5.91 Å². The zero-order chi connectivity index (χ0) is 17.2. The Morgan fingerprint density at radius 3 is 2.67 bits per heavy atom. The van der Waals surface area contributed by atoms with Crippen LogP contribution in [0, 0.1) is 11.3 Å². The van der Waals surface area contributed by atoms with Crippen LogP contribution in [0.3, 0.4) is 0 Å². The molecule has 1 atom stereocenters. The van der Waals surface area contributed by atoms with Crippen LogP contribution in [-0.2, 0) is 9.53 Å². The molecular formula is C19H34N2O3. The zero-order valence-corrected chi connectivity index (χ0v) is 15.4. The van der Waals surface area contributed by atoms with E-state index >= 15 is 0 Å². The minimum atomic E-state index is 0.0362. The maximum absolute atomic E-state index is 12.0. The van der Waals surface area contributed by atoms with E-state index in [-0.39, 0.29) is 18.1 Å². The predicted molar refractivity (Wildman–Crippen MR) is 93.8 cm³/mol. The predicted octanol–water partition coefficient (Wildman–Crippen LogP) is 1.89. The first kappa shape index (κ1) is 18.2. The van der Waals surface area contributed by atoms with Gasteiger partial charge in [-0.2, -0.15) is 0 Å². The monoisotopic (exact) mass is 338 g/mol. The molecule has 3 aliphatic heterocycles. The molecule has 0 radical (unpaired) electrons. The molecule has 3 fully saturated rings. The lowest BCUT2D eigenvalue weighted by Gasteiger charge is -2.48. The van der Waals surface area contributed by atoms with E-state index in [1.807, 2.05) is 4.90 Å². The quantitative estimate of drug-likeness (QED) is 0.850. The van der Waals surface area contributed by atoms with Crippen LogP contribution in [0.15, 0.2) is 0 Å². The summed E-state index contributed by atoms with van der Waals surface area (Å²) in [6.45, 7) is 10.2. The summed E-state index contributed by atoms with van der Waals surface area (Å²) in [5.41, 5.74) is 0.336. The van der Waals surface area contributed by atoms with E-state index in [1.54, 1.807) is 0 Å². The first-order valence-electron chi connectivity index (χ1n) is 9.66. The van der Waals surface area contributed by atoms with Crippen molar-refractivity contribution >= 4 is 5.91 Å². The zero-order valence-electron chi connectivity index (χ0n) is 15.4. The van der Waals surface area contributed by atoms with E-state index < -0.39 is 0 Å². The summed E-state index contributed by atoms with van der Waals surface area (Å²) in [6.07, 6.45) is 6.42. The van der Waals surface area contributed by atoms with Gasteiger partial charge >= 0.3 is 0 Å². The Bertz CT molecular complexity index is 444. The molecule has 5 heteroatoms. The number of β-amino-alcohol motifs (C(OH)–C–C–N with tert-alkyl or cyclic N) is 1. The number of carbonyl (C=O) groups is 1. The molecule has 0 aromatic carbocycles. The third-order valence-corrected chi connectivity index (χ3v) is 6.35. The molecule has 1 spiro atoms. The van der Waals surface area contributed by atoms with Crippen LogP contribution in [0.4, 0.5) is 0 Å². The first-order valence-corrected chi connectivity index (χ1v) is 9.66. The highest BCUT2D eigenvalue weighted by atomic mass is 16.5. The molecule has 3 saturated heterocycles. The van der Waals surface area contributed by atoms with Crippen LogP contribution in [0.2, 0.25) is 0 Å². The van der Waals surface area contributed by atoms with Gasteiger partial charge in [0, 0.05) is 32.7 Å². The molecule has 3 heterocycles. The van der Waals surface area contributed by atoms with Crippen molar-refractivity contribution < 1.29 is 14.6 Å². The van der Waals surface area contributed by atoms with Gasteiger partial charge in [0.05, 0.1) is 12.2 Å². The summed E-state index contributed by atoms with van der Waals surface area (Å²) >= 11 is 0. The Morgan fingerprint density at radius 1 is 1.25 bits per heavy atom. The highest BCUT2D eigenvalue weighted by Gasteiger charge is 2.41. The molecule has 3 aliphatic rings. The van der Waals surface area contributed by atoms with Crippen molar-refractivity contribution in [2.24, 2.45) is 11.3 Å². The molecule has 0 unspecified atom stereocenters. The number of rotatable bonds is 4. The highest BCUT2D eigenvalue weighted by molar-refractivity contribution is 5.77. The molecule has 138 valence electrons. The number of ether oxygens (including phenoxy) is 1. The number of nitrogens with zero attached hydrogens (tertiary/aromatic N) is 2. The van der Waals surface area contributed by atoms with Gasteiger partial charge in [-0.25, -0.2) is 0 Å². The van der Waals surface area contributed by atoms with E-state index in [4.69, 9.17) is 4.74 Å². The van der Waals surface area contributed by atoms with E-state index in [0.29, 0.717) is 18.4 Å². The van der Waals surface area contributed by atoms with Crippen molar-refractivity contribution in [1.29, 1.82) is 0 Å². The van der Waals surface area contributed by atoms with Crippen LogP contribution in [0.1, 0.15) is 52.4 Å². The second-order valence-corrected chi connectivity index (χ2v) is 8.81. The lowest BCUT2D eigenvalue weighted by atomic mass is 9.72. The maximum atomic E-state index is 12.0. The summed E-state index contributed by atoms with van der Waals surface area (Å²) in [7, 11) is 0. The number of aliphatic hydroxyl groups excluding tert-OH is 1. The number of amides is 1. The van der Waals surface area contributed by atoms with Crippen molar-refractivity contribution in [2.75, 3.05) is 45.9 Å². The summed E-state index contributed by atoms with van der Waals surface area (Å²) in [4.78, 5) is 16.5. The van der Waals surface area contributed by atoms with Crippen LogP contribution in [0.5, 0.6) is 0 Å². The van der Waals surface area contributed by atoms with Gasteiger partial charge in [-0.3, -0.25) is 4.79 Å². The van der Waals surface area contributed by atoms with Gasteiger partial charge in [-0.15, -0.1) is 0 Å². The Hall–Kier alpha value is -0.650. The van der Waals surface area contributed by atoms with Gasteiger partial charge in [0.1, 0.15) is 0 Å². The average molecular weight is 338 g/mol. The molecule has 0 aromatic heterocycles. The second-order valence-electron chi connectivity index (χ2n) is 8.81. The van der Waals surface area contributed by atoms with E-state index in [1.165, 1.54) is 25.8 Å². The molecule has 0 saturated carbocycles. The van der Waals surface area contributed by atoms with Crippen molar-refractivity contribution in [1.82, 2.24) is 9.80 Å². The molecule has 0 bridgehead atoms. The molecule has 3 rings (SSSR count). The SMILES string of the molecule is CC1(C)C[C@H](CN2CCC3(CCC(=O)N(CCO)C3)CC2)CCO1. The summed E-state index contributed by atoms with van der Waals surface area (Å²) < 4.78 is 5.84. The Balaban J connectivity index is 1.49. The van der Waals surface area contributed by atoms with Crippen LogP contribution in [-0.4, -0.2) is 72.4 Å². The van der Waals surface area contributed by atoms with Crippen LogP contribution >= 0.6 is 0 Å². The lowest BCUT2D eigenvalue weighted by molar-refractivity contribution is -0.139. The third kappa shape index (κ3) is 4.30. The summed E-state index contributed by atoms with van der Waals surface area (Å²) in [5.74, 6) is 0.975. The molecule has 0 aliphatic carbocycles. The smallest absolute Gasteiger partial charge is 0.222 e. The van der Waals surface area contributed by atoms with E-state index in [0.717, 1.165) is 45.0 Å². The third-order valence-electron chi connectivity index (χ3n) is 6.35. The van der Waals surface area contributed by atoms with Gasteiger partial charge in [0.25, 0.3) is 0 Å². The normalized spacial score (nSPS) is 30.7. The number of aliphatic hydroxyl groups is 1. The summed E-state index contributed by atoms with van der Waals surface area (Å²) in [5, 5.41) is 9.18. The molecular weight excluding hydrogens is 304 g/mol. The number of hydrogen-bond donors (Lipinski definition) is 1. The van der Waals surface area contributed by atoms with Gasteiger partial charge in [-0.05, 0) is 70.4 Å². The highest BCUT2D eigenvalue weighted by Crippen LogP contribution is 2.40. The largest absolute Gasteiger partial charge is 0.395 e. The average Bonchev–Trinajstić information content (AvgIpc) is 2.53. The lowest BCUT2D eigenvalue weighted by Crippen LogP contribution is -2.52. The van der Waals surface area contributed by atoms with Crippen LogP contribution < -0.4 is 0 Å². The van der Waals surface area contributed by atoms with Gasteiger partial charge < -0.3 is 19.6 Å². The van der Waals surface area contributed by atoms with Crippen molar-refractivity contribution in [2.45, 2.75) is 58.0 Å². The first-order chi connectivity index (χ1) is 11.4. The fraction of sp³-hybridized carbons (Fsp3) is 0.947. The number of carbonyl (C=O) groups excluding carboxylic acids is 1. The van der Waals surface area contributed by atoms with Gasteiger partial charge in [0.15, 0.2) is 0 Å². The fourth-order valence-corrected chi connectivity index (χ4v) is 4.92. The van der Waals surface area contributed by atoms with Crippen molar-refractivity contribution in [3.05, 3.63) is 0 Å². The van der Waals surface area contributed by atoms with E-state index in [2.05, 4.69) is 18.7 Å². The Kier molecular flexibility index (Phi) is 5.52. The Morgan fingerprint density at radius 2 is 2.00 bits per heavy atom. The minimum absolute atomic E-state index is 0.0362. The second kappa shape index (κ2) is 7.30. The molecule has 1 N–H and O–H groups in total. The number of piperidine rings is 2. The number of likely N-dealkylation sites (tertiary alicyclic amines) is 2. The Labute approximate surface area is 146 Å². The number of hydrogen-bond acceptors (Lipinski definition) is 4. The molecule has 0 aromatic rings. The van der Waals surface area contributed by atoms with Crippen molar-refractivity contribution in [3.8, 4) is 0 Å². The maximum Gasteiger partial charge on any atom is 0.222 e. The minimum Gasteiger partial charge on any atom is -0.395 e. The van der Waals surface area contributed by atoms with Crippen molar-refractivity contribution in [3.63, 3.8) is 0 Å². The van der Waals surface area contributed by atoms with Gasteiger partial charge in [-0.1, -0.05) is 0 Å². The summed E-state index contributed by atoms with van der Waals surface area (Å²) in [6, 6.07) is 0. The molecule has 24 heavy (non-hydrogen) atoms. The standard InChI is InChI=1S/C19H34N2O3/c1-18(2)13-16(4-12-24-18)14-20-8-6-19(7-9-20)5-3-17(23)21(15-19)10-11-22/h16,22H,3-15H2,1-2H3/t16-/m1/s1. The van der Waals surface area contributed by atoms with Crippen LogP contribution in [0.25, 0.3) is 0 Å².